The molecule has 0 aliphatic carbocycles. The van der Waals surface area contributed by atoms with Crippen LogP contribution in [-0.2, 0) is 12.0 Å². The first-order valence-corrected chi connectivity index (χ1v) is 9.52. The molecule has 0 saturated carbocycles. The minimum absolute atomic E-state index is 0.0241. The van der Waals surface area contributed by atoms with E-state index < -0.39 is 0 Å². The average molecular weight is 396 g/mol. The Labute approximate surface area is 171 Å². The van der Waals surface area contributed by atoms with Crippen LogP contribution < -0.4 is 20.5 Å². The number of ether oxygens (including phenoxy) is 2. The lowest BCUT2D eigenvalue weighted by Crippen LogP contribution is -2.14. The highest BCUT2D eigenvalue weighted by molar-refractivity contribution is 5.59. The van der Waals surface area contributed by atoms with Crippen LogP contribution in [0.25, 0.3) is 5.69 Å². The fourth-order valence-corrected chi connectivity index (χ4v) is 3.22. The van der Waals surface area contributed by atoms with Gasteiger partial charge in [-0.1, -0.05) is 26.0 Å². The third kappa shape index (κ3) is 4.29. The SMILES string of the molecule is COc1ccc(OC)c(-n2nnc(CNc3ccc(N)c(C(C)(C)C)c3)c2C)c1. The van der Waals surface area contributed by atoms with Gasteiger partial charge in [-0.2, -0.15) is 0 Å². The predicted molar refractivity (Wildman–Crippen MR) is 116 cm³/mol. The van der Waals surface area contributed by atoms with Gasteiger partial charge in [0.2, 0.25) is 0 Å². The van der Waals surface area contributed by atoms with E-state index in [4.69, 9.17) is 15.2 Å². The van der Waals surface area contributed by atoms with Gasteiger partial charge >= 0.3 is 0 Å². The van der Waals surface area contributed by atoms with E-state index in [1.807, 2.05) is 37.3 Å². The molecule has 0 radical (unpaired) electrons. The molecular formula is C22H29N5O2. The molecule has 0 atom stereocenters. The summed E-state index contributed by atoms with van der Waals surface area (Å²) in [6, 6.07) is 11.6. The molecule has 0 fully saturated rings. The minimum atomic E-state index is -0.0241. The van der Waals surface area contributed by atoms with Crippen LogP contribution in [0, 0.1) is 6.92 Å². The zero-order valence-electron chi connectivity index (χ0n) is 17.9. The van der Waals surface area contributed by atoms with Crippen molar-refractivity contribution in [3.05, 3.63) is 53.3 Å². The molecule has 2 aromatic carbocycles. The highest BCUT2D eigenvalue weighted by Gasteiger charge is 2.18. The highest BCUT2D eigenvalue weighted by atomic mass is 16.5. The molecule has 0 unspecified atom stereocenters. The summed E-state index contributed by atoms with van der Waals surface area (Å²) in [6.07, 6.45) is 0. The Morgan fingerprint density at radius 2 is 1.83 bits per heavy atom. The molecule has 29 heavy (non-hydrogen) atoms. The van der Waals surface area contributed by atoms with Crippen LogP contribution in [0.3, 0.4) is 0 Å². The van der Waals surface area contributed by atoms with Gasteiger partial charge in [0.25, 0.3) is 0 Å². The van der Waals surface area contributed by atoms with Gasteiger partial charge in [-0.05, 0) is 48.2 Å². The van der Waals surface area contributed by atoms with Crippen LogP contribution in [0.4, 0.5) is 11.4 Å². The Balaban J connectivity index is 1.85. The normalized spacial score (nSPS) is 11.4. The van der Waals surface area contributed by atoms with E-state index in [2.05, 4.69) is 42.5 Å². The highest BCUT2D eigenvalue weighted by Crippen LogP contribution is 2.31. The number of nitrogen functional groups attached to an aromatic ring is 1. The Kier molecular flexibility index (Phi) is 5.68. The quantitative estimate of drug-likeness (QED) is 0.612. The Morgan fingerprint density at radius 3 is 2.48 bits per heavy atom. The maximum absolute atomic E-state index is 6.15. The summed E-state index contributed by atoms with van der Waals surface area (Å²) in [7, 11) is 3.27. The standard InChI is InChI=1S/C22H29N5O2/c1-14-19(13-24-15-7-9-18(23)17(11-15)22(2,3)4)25-26-27(14)20-12-16(28-5)8-10-21(20)29-6/h7-12,24H,13,23H2,1-6H3. The number of hydrogen-bond acceptors (Lipinski definition) is 6. The zero-order chi connectivity index (χ0) is 21.2. The van der Waals surface area contributed by atoms with E-state index in [1.54, 1.807) is 18.9 Å². The number of aromatic nitrogens is 3. The second kappa shape index (κ2) is 8.03. The first kappa shape index (κ1) is 20.5. The number of benzene rings is 2. The molecule has 154 valence electrons. The number of rotatable bonds is 6. The van der Waals surface area contributed by atoms with Crippen LogP contribution in [0.2, 0.25) is 0 Å². The van der Waals surface area contributed by atoms with Crippen molar-refractivity contribution in [1.82, 2.24) is 15.0 Å². The fraction of sp³-hybridized carbons (Fsp3) is 0.364. The van der Waals surface area contributed by atoms with E-state index in [-0.39, 0.29) is 5.41 Å². The van der Waals surface area contributed by atoms with Crippen molar-refractivity contribution in [2.24, 2.45) is 0 Å². The van der Waals surface area contributed by atoms with Crippen molar-refractivity contribution >= 4 is 11.4 Å². The lowest BCUT2D eigenvalue weighted by molar-refractivity contribution is 0.400. The smallest absolute Gasteiger partial charge is 0.144 e. The van der Waals surface area contributed by atoms with Crippen LogP contribution in [0.15, 0.2) is 36.4 Å². The minimum Gasteiger partial charge on any atom is -0.497 e. The summed E-state index contributed by atoms with van der Waals surface area (Å²) in [6.45, 7) is 8.99. The van der Waals surface area contributed by atoms with E-state index in [0.717, 1.165) is 39.8 Å². The molecule has 1 heterocycles. The number of nitrogens with one attached hydrogen (secondary N) is 1. The summed E-state index contributed by atoms with van der Waals surface area (Å²) < 4.78 is 12.6. The summed E-state index contributed by atoms with van der Waals surface area (Å²) in [5.41, 5.74) is 11.6. The van der Waals surface area contributed by atoms with Crippen molar-refractivity contribution in [2.45, 2.75) is 39.7 Å². The number of nitrogens with zero attached hydrogens (tertiary/aromatic N) is 3. The molecule has 0 aliphatic heterocycles. The Bertz CT molecular complexity index is 1000. The van der Waals surface area contributed by atoms with Crippen molar-refractivity contribution in [3.63, 3.8) is 0 Å². The molecule has 1 aromatic heterocycles. The molecule has 7 nitrogen and oxygen atoms in total. The lowest BCUT2D eigenvalue weighted by Gasteiger charge is -2.22. The van der Waals surface area contributed by atoms with Gasteiger partial charge in [0.05, 0.1) is 26.5 Å². The molecule has 0 amide bonds. The monoisotopic (exact) mass is 395 g/mol. The zero-order valence-corrected chi connectivity index (χ0v) is 17.9. The second-order valence-electron chi connectivity index (χ2n) is 7.98. The molecule has 0 saturated heterocycles. The Morgan fingerprint density at radius 1 is 1.07 bits per heavy atom. The molecule has 7 heteroatoms. The molecule has 0 spiro atoms. The van der Waals surface area contributed by atoms with E-state index in [9.17, 15) is 0 Å². The average Bonchev–Trinajstić information content (AvgIpc) is 3.06. The van der Waals surface area contributed by atoms with Gasteiger partial charge in [-0.15, -0.1) is 5.10 Å². The molecule has 0 bridgehead atoms. The number of nitrogens with two attached hydrogens (primary N) is 1. The number of anilines is 2. The van der Waals surface area contributed by atoms with Gasteiger partial charge in [-0.3, -0.25) is 0 Å². The van der Waals surface area contributed by atoms with Crippen molar-refractivity contribution in [3.8, 4) is 17.2 Å². The maximum Gasteiger partial charge on any atom is 0.144 e. The third-order valence-electron chi connectivity index (χ3n) is 4.93. The van der Waals surface area contributed by atoms with Crippen molar-refractivity contribution in [2.75, 3.05) is 25.3 Å². The summed E-state index contributed by atoms with van der Waals surface area (Å²) in [5, 5.41) is 12.1. The van der Waals surface area contributed by atoms with Gasteiger partial charge < -0.3 is 20.5 Å². The first-order valence-electron chi connectivity index (χ1n) is 9.52. The maximum atomic E-state index is 6.15. The van der Waals surface area contributed by atoms with Crippen molar-refractivity contribution < 1.29 is 9.47 Å². The predicted octanol–water partition coefficient (Wildman–Crippen LogP) is 4.08. The third-order valence-corrected chi connectivity index (χ3v) is 4.93. The Hall–Kier alpha value is -3.22. The van der Waals surface area contributed by atoms with E-state index in [0.29, 0.717) is 12.3 Å². The summed E-state index contributed by atoms with van der Waals surface area (Å²) in [5.74, 6) is 1.43. The number of methoxy groups -OCH3 is 2. The van der Waals surface area contributed by atoms with Gasteiger partial charge in [0, 0.05) is 17.4 Å². The van der Waals surface area contributed by atoms with E-state index in [1.165, 1.54) is 0 Å². The molecule has 0 aliphatic rings. The summed E-state index contributed by atoms with van der Waals surface area (Å²) in [4.78, 5) is 0. The van der Waals surface area contributed by atoms with Gasteiger partial charge in [0.15, 0.2) is 0 Å². The molecule has 3 rings (SSSR count). The lowest BCUT2D eigenvalue weighted by atomic mass is 9.85. The topological polar surface area (TPSA) is 87.2 Å². The van der Waals surface area contributed by atoms with Crippen molar-refractivity contribution in [1.29, 1.82) is 0 Å². The molecule has 3 aromatic rings. The fourth-order valence-electron chi connectivity index (χ4n) is 3.22. The van der Waals surface area contributed by atoms with Crippen LogP contribution in [0.5, 0.6) is 11.5 Å². The van der Waals surface area contributed by atoms with Crippen LogP contribution in [0.1, 0.15) is 37.7 Å². The molecular weight excluding hydrogens is 366 g/mol. The van der Waals surface area contributed by atoms with Gasteiger partial charge in [-0.25, -0.2) is 4.68 Å². The van der Waals surface area contributed by atoms with Gasteiger partial charge in [0.1, 0.15) is 22.9 Å². The molecule has 3 N–H and O–H groups in total. The number of hydrogen-bond donors (Lipinski definition) is 2. The summed E-state index contributed by atoms with van der Waals surface area (Å²) >= 11 is 0. The van der Waals surface area contributed by atoms with Crippen LogP contribution in [-0.4, -0.2) is 29.2 Å². The largest absolute Gasteiger partial charge is 0.497 e. The second-order valence-corrected chi connectivity index (χ2v) is 7.98. The first-order chi connectivity index (χ1) is 13.7. The van der Waals surface area contributed by atoms with Crippen LogP contribution >= 0.6 is 0 Å². The van der Waals surface area contributed by atoms with E-state index >= 15 is 0 Å².